The summed E-state index contributed by atoms with van der Waals surface area (Å²) < 4.78 is 0. The van der Waals surface area contributed by atoms with Gasteiger partial charge in [0.05, 0.1) is 17.2 Å². The third kappa shape index (κ3) is 4.67. The van der Waals surface area contributed by atoms with Gasteiger partial charge in [0.25, 0.3) is 0 Å². The monoisotopic (exact) mass is 340 g/mol. The average Bonchev–Trinajstić information content (AvgIpc) is 2.49. The summed E-state index contributed by atoms with van der Waals surface area (Å²) in [5.74, 6) is -0.322. The van der Waals surface area contributed by atoms with Crippen molar-refractivity contribution in [2.24, 2.45) is 0 Å². The van der Waals surface area contributed by atoms with Gasteiger partial charge in [-0.05, 0) is 12.1 Å². The van der Waals surface area contributed by atoms with Gasteiger partial charge in [-0.3, -0.25) is 14.4 Å². The van der Waals surface area contributed by atoms with Crippen LogP contribution in [0.2, 0.25) is 0 Å². The van der Waals surface area contributed by atoms with Crippen LogP contribution in [0.1, 0.15) is 0 Å². The minimum Gasteiger partial charge on any atom is -0.481 e. The number of hydrogen-bond acceptors (Lipinski definition) is 5. The van der Waals surface area contributed by atoms with Crippen LogP contribution in [-0.4, -0.2) is 53.2 Å². The summed E-state index contributed by atoms with van der Waals surface area (Å²) in [5, 5.41) is 11.2. The Balaban J connectivity index is 1.83. The van der Waals surface area contributed by atoms with Crippen LogP contribution in [-0.2, 0) is 14.4 Å². The lowest BCUT2D eigenvalue weighted by Gasteiger charge is -2.28. The highest BCUT2D eigenvalue weighted by atomic mass is 32.2. The molecule has 0 spiro atoms. The van der Waals surface area contributed by atoms with E-state index in [-0.39, 0.29) is 24.1 Å². The number of aliphatic carboxylic acids is 1. The normalized spacial score (nSPS) is 13.6. The number of carbonyl (C=O) groups excluding carboxylic acids is 2. The molecule has 0 atom stereocenters. The SMILES string of the molecule is O=C(O)CSCCNC(=O)CN1C(=O)CSc2ccccc21. The van der Waals surface area contributed by atoms with Gasteiger partial charge in [-0.2, -0.15) is 0 Å². The fraction of sp³-hybridized carbons (Fsp3) is 0.357. The molecule has 6 nitrogen and oxygen atoms in total. The highest BCUT2D eigenvalue weighted by molar-refractivity contribution is 8.00. The predicted octanol–water partition coefficient (Wildman–Crippen LogP) is 1.06. The molecular formula is C14H16N2O4S2. The molecule has 1 aromatic carbocycles. The molecule has 1 aliphatic heterocycles. The van der Waals surface area contributed by atoms with E-state index in [9.17, 15) is 14.4 Å². The Morgan fingerprint density at radius 2 is 2.14 bits per heavy atom. The molecule has 1 aliphatic rings. The quantitative estimate of drug-likeness (QED) is 0.722. The second-order valence-corrected chi connectivity index (χ2v) is 6.65. The van der Waals surface area contributed by atoms with E-state index in [1.54, 1.807) is 0 Å². The minimum atomic E-state index is -0.871. The van der Waals surface area contributed by atoms with E-state index in [4.69, 9.17) is 5.11 Å². The maximum Gasteiger partial charge on any atom is 0.313 e. The first-order valence-electron chi connectivity index (χ1n) is 6.66. The molecule has 2 rings (SSSR count). The molecule has 2 amide bonds. The number of fused-ring (bicyclic) bond motifs is 1. The lowest BCUT2D eigenvalue weighted by molar-refractivity contribution is -0.134. The van der Waals surface area contributed by atoms with Crippen molar-refractivity contribution in [1.82, 2.24) is 5.32 Å². The van der Waals surface area contributed by atoms with Gasteiger partial charge >= 0.3 is 5.97 Å². The molecule has 0 bridgehead atoms. The number of amides is 2. The van der Waals surface area contributed by atoms with E-state index < -0.39 is 5.97 Å². The summed E-state index contributed by atoms with van der Waals surface area (Å²) in [5.41, 5.74) is 0.763. The van der Waals surface area contributed by atoms with E-state index in [1.165, 1.54) is 28.4 Å². The van der Waals surface area contributed by atoms with E-state index in [1.807, 2.05) is 24.3 Å². The maximum atomic E-state index is 12.0. The number of carboxylic acids is 1. The number of thioether (sulfide) groups is 2. The van der Waals surface area contributed by atoms with E-state index in [2.05, 4.69) is 5.32 Å². The summed E-state index contributed by atoms with van der Waals surface area (Å²) in [6.07, 6.45) is 0. The molecule has 0 saturated heterocycles. The number of nitrogens with zero attached hydrogens (tertiary/aromatic N) is 1. The number of rotatable bonds is 7. The summed E-state index contributed by atoms with van der Waals surface area (Å²) in [7, 11) is 0. The van der Waals surface area contributed by atoms with E-state index in [0.717, 1.165) is 10.6 Å². The van der Waals surface area contributed by atoms with Gasteiger partial charge < -0.3 is 15.3 Å². The Hall–Kier alpha value is -1.67. The van der Waals surface area contributed by atoms with Crippen LogP contribution in [0.5, 0.6) is 0 Å². The lowest BCUT2D eigenvalue weighted by Crippen LogP contribution is -2.43. The Morgan fingerprint density at radius 3 is 2.91 bits per heavy atom. The smallest absolute Gasteiger partial charge is 0.313 e. The van der Waals surface area contributed by atoms with Crippen LogP contribution in [0.3, 0.4) is 0 Å². The number of hydrogen-bond donors (Lipinski definition) is 2. The highest BCUT2D eigenvalue weighted by Gasteiger charge is 2.25. The van der Waals surface area contributed by atoms with Crippen LogP contribution in [0, 0.1) is 0 Å². The third-order valence-corrected chi connectivity index (χ3v) is 4.90. The summed E-state index contributed by atoms with van der Waals surface area (Å²) in [4.78, 5) is 36.8. The number of anilines is 1. The first-order chi connectivity index (χ1) is 10.6. The van der Waals surface area contributed by atoms with Crippen molar-refractivity contribution in [1.29, 1.82) is 0 Å². The van der Waals surface area contributed by atoms with Gasteiger partial charge in [0.15, 0.2) is 0 Å². The fourth-order valence-electron chi connectivity index (χ4n) is 1.95. The van der Waals surface area contributed by atoms with Crippen LogP contribution in [0.15, 0.2) is 29.2 Å². The highest BCUT2D eigenvalue weighted by Crippen LogP contribution is 2.34. The molecule has 22 heavy (non-hydrogen) atoms. The zero-order chi connectivity index (χ0) is 15.9. The zero-order valence-corrected chi connectivity index (χ0v) is 13.4. The van der Waals surface area contributed by atoms with Crippen LogP contribution < -0.4 is 10.2 Å². The van der Waals surface area contributed by atoms with Crippen LogP contribution in [0.4, 0.5) is 5.69 Å². The molecule has 0 fully saturated rings. The van der Waals surface area contributed by atoms with Crippen molar-refractivity contribution in [2.45, 2.75) is 4.90 Å². The fourth-order valence-corrected chi connectivity index (χ4v) is 3.45. The Morgan fingerprint density at radius 1 is 1.36 bits per heavy atom. The van der Waals surface area contributed by atoms with Crippen LogP contribution in [0.25, 0.3) is 0 Å². The van der Waals surface area contributed by atoms with Gasteiger partial charge in [0.2, 0.25) is 11.8 Å². The minimum absolute atomic E-state index is 0.0139. The van der Waals surface area contributed by atoms with Gasteiger partial charge in [-0.15, -0.1) is 23.5 Å². The number of para-hydroxylation sites is 1. The van der Waals surface area contributed by atoms with E-state index in [0.29, 0.717) is 18.1 Å². The Kier molecular flexibility index (Phi) is 6.14. The standard InChI is InChI=1S/C14H16N2O4S2/c17-12(15-5-6-21-9-14(19)20)7-16-10-3-1-2-4-11(10)22-8-13(16)18/h1-4H,5-9H2,(H,15,17)(H,19,20). The first-order valence-corrected chi connectivity index (χ1v) is 8.80. The topological polar surface area (TPSA) is 86.7 Å². The first kappa shape index (κ1) is 16.7. The van der Waals surface area contributed by atoms with Gasteiger partial charge in [0.1, 0.15) is 6.54 Å². The van der Waals surface area contributed by atoms with Crippen molar-refractivity contribution in [2.75, 3.05) is 35.2 Å². The number of carbonyl (C=O) groups is 3. The van der Waals surface area contributed by atoms with Gasteiger partial charge in [-0.1, -0.05) is 12.1 Å². The van der Waals surface area contributed by atoms with Crippen LogP contribution >= 0.6 is 23.5 Å². The number of nitrogens with one attached hydrogen (secondary N) is 1. The maximum absolute atomic E-state index is 12.0. The van der Waals surface area contributed by atoms with Gasteiger partial charge in [0, 0.05) is 17.2 Å². The second kappa shape index (κ2) is 8.09. The summed E-state index contributed by atoms with van der Waals surface area (Å²) >= 11 is 2.71. The molecular weight excluding hydrogens is 324 g/mol. The number of carboxylic acid groups (broad SMARTS) is 1. The van der Waals surface area contributed by atoms with Crippen molar-refractivity contribution in [3.05, 3.63) is 24.3 Å². The largest absolute Gasteiger partial charge is 0.481 e. The number of benzene rings is 1. The van der Waals surface area contributed by atoms with E-state index >= 15 is 0 Å². The molecule has 0 aromatic heterocycles. The molecule has 1 aromatic rings. The molecule has 1 heterocycles. The third-order valence-electron chi connectivity index (χ3n) is 2.90. The molecule has 0 radical (unpaired) electrons. The molecule has 0 aliphatic carbocycles. The van der Waals surface area contributed by atoms with Gasteiger partial charge in [-0.25, -0.2) is 0 Å². The summed E-state index contributed by atoms with van der Waals surface area (Å²) in [6.45, 7) is 0.370. The predicted molar refractivity (Wildman–Crippen MR) is 87.5 cm³/mol. The summed E-state index contributed by atoms with van der Waals surface area (Å²) in [6, 6.07) is 7.50. The van der Waals surface area contributed by atoms with Crippen molar-refractivity contribution < 1.29 is 19.5 Å². The molecule has 0 unspecified atom stereocenters. The Bertz CT molecular complexity index is 580. The van der Waals surface area contributed by atoms with Crippen molar-refractivity contribution in [3.63, 3.8) is 0 Å². The average molecular weight is 340 g/mol. The Labute approximate surface area is 136 Å². The molecule has 118 valence electrons. The lowest BCUT2D eigenvalue weighted by atomic mass is 10.2. The molecule has 8 heteroatoms. The van der Waals surface area contributed by atoms with Crippen molar-refractivity contribution >= 4 is 47.0 Å². The second-order valence-electron chi connectivity index (χ2n) is 4.53. The molecule has 0 saturated carbocycles. The zero-order valence-electron chi connectivity index (χ0n) is 11.8. The van der Waals surface area contributed by atoms with Crippen molar-refractivity contribution in [3.8, 4) is 0 Å². The molecule has 2 N–H and O–H groups in total.